The summed E-state index contributed by atoms with van der Waals surface area (Å²) in [5.41, 5.74) is 5.14. The van der Waals surface area contributed by atoms with Crippen molar-refractivity contribution in [3.8, 4) is 0 Å². The highest BCUT2D eigenvalue weighted by Crippen LogP contribution is 2.32. The van der Waals surface area contributed by atoms with E-state index in [2.05, 4.69) is 0 Å². The first-order valence-corrected chi connectivity index (χ1v) is 6.34. The summed E-state index contributed by atoms with van der Waals surface area (Å²) in [6.45, 7) is 2.89. The lowest BCUT2D eigenvalue weighted by Crippen LogP contribution is -2.57. The number of aliphatic carboxylic acids is 1. The number of amides is 1. The Morgan fingerprint density at radius 3 is 2.72 bits per heavy atom. The largest absolute Gasteiger partial charge is 0.480 e. The third-order valence-electron chi connectivity index (χ3n) is 4.05. The molecule has 2 heterocycles. The van der Waals surface area contributed by atoms with Gasteiger partial charge in [0, 0.05) is 12.6 Å². The fourth-order valence-electron chi connectivity index (χ4n) is 2.67. The highest BCUT2D eigenvalue weighted by molar-refractivity contribution is 5.88. The summed E-state index contributed by atoms with van der Waals surface area (Å²) in [6, 6.07) is -1.07. The van der Waals surface area contributed by atoms with Crippen LogP contribution in [0.5, 0.6) is 0 Å². The van der Waals surface area contributed by atoms with Crippen molar-refractivity contribution in [2.24, 2.45) is 11.1 Å². The van der Waals surface area contributed by atoms with E-state index in [4.69, 9.17) is 10.5 Å². The van der Waals surface area contributed by atoms with Gasteiger partial charge < -0.3 is 20.5 Å². The van der Waals surface area contributed by atoms with Crippen LogP contribution < -0.4 is 5.73 Å². The minimum absolute atomic E-state index is 0.181. The maximum absolute atomic E-state index is 12.6. The van der Waals surface area contributed by atoms with E-state index in [0.29, 0.717) is 19.6 Å². The lowest BCUT2D eigenvalue weighted by molar-refractivity contribution is -0.157. The minimum atomic E-state index is -0.931. The number of hydrogen-bond donors (Lipinski definition) is 2. The first-order chi connectivity index (χ1) is 8.47. The van der Waals surface area contributed by atoms with E-state index >= 15 is 0 Å². The molecule has 1 amide bonds. The van der Waals surface area contributed by atoms with Crippen LogP contribution in [0.15, 0.2) is 0 Å². The van der Waals surface area contributed by atoms with Crippen molar-refractivity contribution in [1.82, 2.24) is 4.90 Å². The molecule has 2 aliphatic rings. The zero-order valence-electron chi connectivity index (χ0n) is 10.6. The third-order valence-corrected chi connectivity index (χ3v) is 4.05. The molecule has 2 fully saturated rings. The van der Waals surface area contributed by atoms with Gasteiger partial charge in [0.15, 0.2) is 0 Å². The fourth-order valence-corrected chi connectivity index (χ4v) is 2.67. The Balaban J connectivity index is 2.18. The van der Waals surface area contributed by atoms with Gasteiger partial charge in [-0.1, -0.05) is 0 Å². The Kier molecular flexibility index (Phi) is 3.59. The van der Waals surface area contributed by atoms with Gasteiger partial charge in [-0.15, -0.1) is 0 Å². The molecule has 0 aromatic rings. The van der Waals surface area contributed by atoms with Crippen molar-refractivity contribution < 1.29 is 19.4 Å². The number of carboxylic acid groups (broad SMARTS) is 1. The summed E-state index contributed by atoms with van der Waals surface area (Å²) in [6.07, 6.45) is 2.22. The number of ether oxygens (including phenoxy) is 1. The van der Waals surface area contributed by atoms with Crippen LogP contribution in [0.4, 0.5) is 0 Å². The van der Waals surface area contributed by atoms with Gasteiger partial charge in [-0.25, -0.2) is 4.79 Å². The molecular weight excluding hydrogens is 236 g/mol. The number of piperidine rings is 1. The Hall–Kier alpha value is -1.14. The lowest BCUT2D eigenvalue weighted by Gasteiger charge is -2.39. The molecule has 0 radical (unpaired) electrons. The highest BCUT2D eigenvalue weighted by Gasteiger charge is 2.48. The van der Waals surface area contributed by atoms with Gasteiger partial charge in [-0.2, -0.15) is 0 Å². The Labute approximate surface area is 106 Å². The number of likely N-dealkylation sites (tertiary alicyclic amines) is 1. The topological polar surface area (TPSA) is 92.9 Å². The molecule has 6 heteroatoms. The van der Waals surface area contributed by atoms with E-state index in [1.165, 1.54) is 4.90 Å². The average molecular weight is 256 g/mol. The maximum Gasteiger partial charge on any atom is 0.326 e. The van der Waals surface area contributed by atoms with Crippen LogP contribution in [0.25, 0.3) is 0 Å². The van der Waals surface area contributed by atoms with Gasteiger partial charge in [0.1, 0.15) is 6.04 Å². The first kappa shape index (κ1) is 13.3. The molecule has 3 N–H and O–H groups in total. The summed E-state index contributed by atoms with van der Waals surface area (Å²) >= 11 is 0. The predicted molar refractivity (Wildman–Crippen MR) is 63.9 cm³/mol. The average Bonchev–Trinajstić information content (AvgIpc) is 2.70. The van der Waals surface area contributed by atoms with Gasteiger partial charge in [0.2, 0.25) is 5.91 Å². The molecule has 2 unspecified atom stereocenters. The summed E-state index contributed by atoms with van der Waals surface area (Å²) in [4.78, 5) is 25.2. The fraction of sp³-hybridized carbons (Fsp3) is 0.833. The minimum Gasteiger partial charge on any atom is -0.480 e. The normalized spacial score (nSPS) is 36.7. The number of rotatable bonds is 2. The molecule has 2 rings (SSSR count). The third kappa shape index (κ3) is 2.10. The van der Waals surface area contributed by atoms with E-state index in [1.54, 1.807) is 6.92 Å². The number of nitrogens with two attached hydrogens (primary N) is 1. The number of hydrogen-bond acceptors (Lipinski definition) is 4. The van der Waals surface area contributed by atoms with Gasteiger partial charge >= 0.3 is 5.97 Å². The second-order valence-corrected chi connectivity index (χ2v) is 5.39. The summed E-state index contributed by atoms with van der Waals surface area (Å²) in [5, 5.41) is 9.19. The van der Waals surface area contributed by atoms with Crippen molar-refractivity contribution in [1.29, 1.82) is 0 Å². The van der Waals surface area contributed by atoms with Crippen molar-refractivity contribution in [3.63, 3.8) is 0 Å². The molecule has 0 spiro atoms. The maximum atomic E-state index is 12.6. The predicted octanol–water partition coefficient (Wildman–Crippen LogP) is -0.184. The summed E-state index contributed by atoms with van der Waals surface area (Å²) < 4.78 is 5.26. The summed E-state index contributed by atoms with van der Waals surface area (Å²) in [7, 11) is 0. The molecule has 6 nitrogen and oxygen atoms in total. The SMILES string of the molecule is CC1(C(=O)N2CCCC[C@@H]2C(=O)O)COCC1N. The van der Waals surface area contributed by atoms with E-state index in [-0.39, 0.29) is 18.6 Å². The van der Waals surface area contributed by atoms with Gasteiger partial charge in [-0.3, -0.25) is 4.79 Å². The van der Waals surface area contributed by atoms with Crippen LogP contribution in [-0.4, -0.2) is 53.7 Å². The molecule has 18 heavy (non-hydrogen) atoms. The first-order valence-electron chi connectivity index (χ1n) is 6.34. The van der Waals surface area contributed by atoms with Crippen molar-refractivity contribution in [3.05, 3.63) is 0 Å². The second-order valence-electron chi connectivity index (χ2n) is 5.39. The lowest BCUT2D eigenvalue weighted by atomic mass is 9.83. The molecule has 0 bridgehead atoms. The van der Waals surface area contributed by atoms with Crippen LogP contribution >= 0.6 is 0 Å². The molecular formula is C12H20N2O4. The molecule has 0 saturated carbocycles. The quantitative estimate of drug-likeness (QED) is 0.714. The monoisotopic (exact) mass is 256 g/mol. The Bertz CT molecular complexity index is 360. The van der Waals surface area contributed by atoms with Crippen LogP contribution in [0, 0.1) is 5.41 Å². The summed E-state index contributed by atoms with van der Waals surface area (Å²) in [5.74, 6) is -1.11. The standard InChI is InChI=1S/C12H20N2O4/c1-12(7-18-6-9(12)13)11(17)14-5-3-2-4-8(14)10(15)16/h8-9H,2-7,13H2,1H3,(H,15,16)/t8-,9?,12?/m1/s1. The van der Waals surface area contributed by atoms with E-state index in [0.717, 1.165) is 12.8 Å². The molecule has 0 aromatic carbocycles. The van der Waals surface area contributed by atoms with Crippen molar-refractivity contribution in [2.75, 3.05) is 19.8 Å². The van der Waals surface area contributed by atoms with Gasteiger partial charge in [0.05, 0.1) is 18.6 Å². The highest BCUT2D eigenvalue weighted by atomic mass is 16.5. The number of carboxylic acids is 1. The van der Waals surface area contributed by atoms with Crippen molar-refractivity contribution >= 4 is 11.9 Å². The molecule has 102 valence electrons. The van der Waals surface area contributed by atoms with E-state index < -0.39 is 17.4 Å². The molecule has 2 saturated heterocycles. The zero-order chi connectivity index (χ0) is 13.3. The van der Waals surface area contributed by atoms with E-state index in [1.807, 2.05) is 0 Å². The van der Waals surface area contributed by atoms with Crippen LogP contribution in [0.1, 0.15) is 26.2 Å². The van der Waals surface area contributed by atoms with Crippen LogP contribution in [0.3, 0.4) is 0 Å². The second kappa shape index (κ2) is 4.85. The number of carbonyl (C=O) groups excluding carboxylic acids is 1. The molecule has 2 aliphatic heterocycles. The van der Waals surface area contributed by atoms with Crippen LogP contribution in [0.2, 0.25) is 0 Å². The Morgan fingerprint density at radius 2 is 2.17 bits per heavy atom. The molecule has 3 atom stereocenters. The molecule has 0 aliphatic carbocycles. The van der Waals surface area contributed by atoms with Crippen molar-refractivity contribution in [2.45, 2.75) is 38.3 Å². The Morgan fingerprint density at radius 1 is 1.44 bits per heavy atom. The number of nitrogens with zero attached hydrogens (tertiary/aromatic N) is 1. The van der Waals surface area contributed by atoms with Gasteiger partial charge in [0.25, 0.3) is 0 Å². The zero-order valence-corrected chi connectivity index (χ0v) is 10.6. The number of carbonyl (C=O) groups is 2. The smallest absolute Gasteiger partial charge is 0.326 e. The van der Waals surface area contributed by atoms with E-state index in [9.17, 15) is 14.7 Å². The molecule has 0 aromatic heterocycles. The van der Waals surface area contributed by atoms with Crippen LogP contribution in [-0.2, 0) is 14.3 Å². The van der Waals surface area contributed by atoms with Gasteiger partial charge in [-0.05, 0) is 26.2 Å².